The summed E-state index contributed by atoms with van der Waals surface area (Å²) < 4.78 is 12.1. The fourth-order valence-electron chi connectivity index (χ4n) is 4.73. The molecule has 1 aliphatic rings. The lowest BCUT2D eigenvalue weighted by atomic mass is 9.90. The Morgan fingerprint density at radius 2 is 1.91 bits per heavy atom. The first-order valence-corrected chi connectivity index (χ1v) is 12.5. The van der Waals surface area contributed by atoms with Crippen LogP contribution >= 0.6 is 0 Å². The molecule has 0 spiro atoms. The summed E-state index contributed by atoms with van der Waals surface area (Å²) in [6, 6.07) is 12.1. The van der Waals surface area contributed by atoms with Gasteiger partial charge in [-0.1, -0.05) is 31.4 Å². The number of H-pyrrole nitrogens is 1. The van der Waals surface area contributed by atoms with Crippen LogP contribution in [-0.4, -0.2) is 39.4 Å². The highest BCUT2D eigenvalue weighted by atomic mass is 16.5. The minimum absolute atomic E-state index is 0.143. The molecule has 1 atom stereocenters. The van der Waals surface area contributed by atoms with E-state index < -0.39 is 0 Å². The number of nitrogens with zero attached hydrogens (tertiary/aromatic N) is 3. The quantitative estimate of drug-likeness (QED) is 0.346. The monoisotopic (exact) mass is 471 g/mol. The van der Waals surface area contributed by atoms with Gasteiger partial charge in [-0.2, -0.15) is 5.10 Å². The zero-order valence-electron chi connectivity index (χ0n) is 20.2. The van der Waals surface area contributed by atoms with Crippen molar-refractivity contribution in [3.05, 3.63) is 66.2 Å². The molecule has 0 saturated heterocycles. The predicted octanol–water partition coefficient (Wildman–Crippen LogP) is 5.24. The molecule has 0 aliphatic heterocycles. The van der Waals surface area contributed by atoms with Crippen LogP contribution in [0.5, 0.6) is 11.5 Å². The highest BCUT2D eigenvalue weighted by Crippen LogP contribution is 2.26. The number of hydrogen-bond acceptors (Lipinski definition) is 6. The standard InChI is InChI=1S/C28H33N5O2/c1-19-26-13-27(31-16-28(26)33-32-19)22-12-25(15-30-14-22)35-18-23(29)10-21-8-5-9-24(11-21)34-17-20-6-3-2-4-7-20/h5,8-9,11-16,20,23H,2-4,6-7,10,17-18,29H2,1H3,(H,32,33)/t23-/m0/s1. The van der Waals surface area contributed by atoms with E-state index in [0.717, 1.165) is 45.8 Å². The second kappa shape index (κ2) is 10.9. The number of rotatable bonds is 9. The predicted molar refractivity (Wildman–Crippen MR) is 138 cm³/mol. The van der Waals surface area contributed by atoms with Gasteiger partial charge in [0.25, 0.3) is 0 Å². The minimum atomic E-state index is -0.143. The molecule has 0 amide bonds. The maximum absolute atomic E-state index is 6.40. The first-order valence-electron chi connectivity index (χ1n) is 12.5. The van der Waals surface area contributed by atoms with Crippen molar-refractivity contribution < 1.29 is 9.47 Å². The molecule has 0 radical (unpaired) electrons. The Morgan fingerprint density at radius 1 is 1.03 bits per heavy atom. The highest BCUT2D eigenvalue weighted by Gasteiger charge is 2.14. The van der Waals surface area contributed by atoms with Gasteiger partial charge in [0.15, 0.2) is 0 Å². The minimum Gasteiger partial charge on any atom is -0.493 e. The first-order chi connectivity index (χ1) is 17.1. The van der Waals surface area contributed by atoms with Crippen LogP contribution in [-0.2, 0) is 6.42 Å². The van der Waals surface area contributed by atoms with Crippen LogP contribution in [0.4, 0.5) is 0 Å². The van der Waals surface area contributed by atoms with Crippen LogP contribution in [0.3, 0.4) is 0 Å². The molecular weight excluding hydrogens is 438 g/mol. The van der Waals surface area contributed by atoms with E-state index >= 15 is 0 Å². The second-order valence-corrected chi connectivity index (χ2v) is 9.58. The summed E-state index contributed by atoms with van der Waals surface area (Å²) in [6.45, 7) is 3.20. The van der Waals surface area contributed by atoms with Crippen LogP contribution in [0, 0.1) is 12.8 Å². The molecule has 0 unspecified atom stereocenters. The highest BCUT2D eigenvalue weighted by molar-refractivity contribution is 5.84. The van der Waals surface area contributed by atoms with Crippen molar-refractivity contribution in [1.29, 1.82) is 0 Å². The normalized spacial score (nSPS) is 15.3. The zero-order chi connectivity index (χ0) is 24.0. The number of benzene rings is 1. The molecule has 1 fully saturated rings. The maximum atomic E-state index is 6.40. The molecule has 1 aromatic carbocycles. The van der Waals surface area contributed by atoms with E-state index in [2.05, 4.69) is 32.3 Å². The van der Waals surface area contributed by atoms with Crippen LogP contribution in [0.25, 0.3) is 22.2 Å². The summed E-state index contributed by atoms with van der Waals surface area (Å²) in [4.78, 5) is 8.86. The van der Waals surface area contributed by atoms with Gasteiger partial charge in [-0.05, 0) is 61.9 Å². The molecule has 0 bridgehead atoms. The van der Waals surface area contributed by atoms with Gasteiger partial charge in [0.05, 0.1) is 24.7 Å². The van der Waals surface area contributed by atoms with Crippen LogP contribution in [0.1, 0.15) is 43.4 Å². The fraction of sp³-hybridized carbons (Fsp3) is 0.393. The summed E-state index contributed by atoms with van der Waals surface area (Å²) in [7, 11) is 0. The van der Waals surface area contributed by atoms with E-state index in [9.17, 15) is 0 Å². The van der Waals surface area contributed by atoms with E-state index in [-0.39, 0.29) is 6.04 Å². The van der Waals surface area contributed by atoms with Gasteiger partial charge in [-0.15, -0.1) is 0 Å². The van der Waals surface area contributed by atoms with Crippen molar-refractivity contribution in [3.63, 3.8) is 0 Å². The van der Waals surface area contributed by atoms with Crippen LogP contribution in [0.2, 0.25) is 0 Å². The van der Waals surface area contributed by atoms with Gasteiger partial charge in [0.2, 0.25) is 0 Å². The third kappa shape index (κ3) is 5.98. The Balaban J connectivity index is 1.16. The molecule has 4 aromatic rings. The largest absolute Gasteiger partial charge is 0.493 e. The van der Waals surface area contributed by atoms with E-state index in [1.807, 2.05) is 31.2 Å². The average molecular weight is 472 g/mol. The number of fused-ring (bicyclic) bond motifs is 1. The van der Waals surface area contributed by atoms with Crippen molar-refractivity contribution in [2.45, 2.75) is 51.5 Å². The van der Waals surface area contributed by atoms with Gasteiger partial charge >= 0.3 is 0 Å². The van der Waals surface area contributed by atoms with E-state index in [0.29, 0.717) is 24.7 Å². The van der Waals surface area contributed by atoms with Crippen LogP contribution in [0.15, 0.2) is 55.0 Å². The Hall–Kier alpha value is -3.45. The van der Waals surface area contributed by atoms with Crippen molar-refractivity contribution in [2.75, 3.05) is 13.2 Å². The smallest absolute Gasteiger partial charge is 0.138 e. The van der Waals surface area contributed by atoms with Gasteiger partial charge in [-0.3, -0.25) is 15.1 Å². The molecule has 3 aromatic heterocycles. The molecule has 5 rings (SSSR count). The summed E-state index contributed by atoms with van der Waals surface area (Å²) >= 11 is 0. The fourth-order valence-corrected chi connectivity index (χ4v) is 4.73. The maximum Gasteiger partial charge on any atom is 0.138 e. The Bertz CT molecular complexity index is 1270. The topological polar surface area (TPSA) is 98.9 Å². The SMILES string of the molecule is Cc1[nH]nc2cnc(-c3cncc(OC[C@@H](N)Cc4cccc(OCC5CCCCC5)c4)c3)cc12. The number of nitrogens with one attached hydrogen (secondary N) is 1. The first kappa shape index (κ1) is 23.3. The number of ether oxygens (including phenoxy) is 2. The molecule has 35 heavy (non-hydrogen) atoms. The van der Waals surface area contributed by atoms with E-state index in [4.69, 9.17) is 15.2 Å². The summed E-state index contributed by atoms with van der Waals surface area (Å²) in [5.74, 6) is 2.29. The molecule has 7 heteroatoms. The van der Waals surface area contributed by atoms with Crippen molar-refractivity contribution in [2.24, 2.45) is 11.7 Å². The third-order valence-corrected chi connectivity index (χ3v) is 6.71. The van der Waals surface area contributed by atoms with Crippen molar-refractivity contribution in [3.8, 4) is 22.8 Å². The number of nitrogens with two attached hydrogens (primary N) is 1. The van der Waals surface area contributed by atoms with Crippen LogP contribution < -0.4 is 15.2 Å². The van der Waals surface area contributed by atoms with Crippen molar-refractivity contribution in [1.82, 2.24) is 20.2 Å². The number of hydrogen-bond donors (Lipinski definition) is 2. The van der Waals surface area contributed by atoms with E-state index in [1.165, 1.54) is 32.1 Å². The van der Waals surface area contributed by atoms with Crippen molar-refractivity contribution >= 4 is 10.9 Å². The molecule has 1 aliphatic carbocycles. The van der Waals surface area contributed by atoms with Gasteiger partial charge in [-0.25, -0.2) is 0 Å². The molecule has 1 saturated carbocycles. The molecule has 3 heterocycles. The summed E-state index contributed by atoms with van der Waals surface area (Å²) in [5.41, 5.74) is 11.1. The summed E-state index contributed by atoms with van der Waals surface area (Å²) in [5, 5.41) is 8.28. The number of aryl methyl sites for hydroxylation is 1. The lowest BCUT2D eigenvalue weighted by Gasteiger charge is -2.22. The zero-order valence-corrected chi connectivity index (χ0v) is 20.2. The second-order valence-electron chi connectivity index (χ2n) is 9.58. The Labute approximate surface area is 206 Å². The Kier molecular flexibility index (Phi) is 7.23. The average Bonchev–Trinajstić information content (AvgIpc) is 3.27. The number of pyridine rings is 2. The summed E-state index contributed by atoms with van der Waals surface area (Å²) in [6.07, 6.45) is 12.6. The molecule has 3 N–H and O–H groups in total. The molecule has 182 valence electrons. The molecule has 7 nitrogen and oxygen atoms in total. The van der Waals surface area contributed by atoms with Gasteiger partial charge in [0, 0.05) is 28.9 Å². The van der Waals surface area contributed by atoms with Gasteiger partial charge in [0.1, 0.15) is 23.6 Å². The number of aromatic nitrogens is 4. The lowest BCUT2D eigenvalue weighted by Crippen LogP contribution is -2.30. The van der Waals surface area contributed by atoms with Gasteiger partial charge < -0.3 is 15.2 Å². The third-order valence-electron chi connectivity index (χ3n) is 6.71. The lowest BCUT2D eigenvalue weighted by molar-refractivity contribution is 0.208. The van der Waals surface area contributed by atoms with E-state index in [1.54, 1.807) is 18.6 Å². The molecular formula is C28H33N5O2. The number of aromatic amines is 1. The Morgan fingerprint density at radius 3 is 2.80 bits per heavy atom.